The van der Waals surface area contributed by atoms with Crippen LogP contribution in [0.25, 0.3) is 0 Å². The van der Waals surface area contributed by atoms with E-state index in [0.717, 1.165) is 50.3 Å². The Morgan fingerprint density at radius 2 is 1.71 bits per heavy atom. The van der Waals surface area contributed by atoms with E-state index in [1.165, 1.54) is 6.92 Å². The molecule has 1 aliphatic rings. The lowest BCUT2D eigenvalue weighted by Crippen LogP contribution is -2.48. The first-order chi connectivity index (χ1) is 14.7. The number of amides is 3. The zero-order chi connectivity index (χ0) is 23.0. The summed E-state index contributed by atoms with van der Waals surface area (Å²) in [6.07, 6.45) is 3.44. The predicted molar refractivity (Wildman–Crippen MR) is 107 cm³/mol. The molecule has 2 rings (SSSR count). The number of nitrogens with one attached hydrogen (secondary N) is 2. The second kappa shape index (κ2) is 11.0. The van der Waals surface area contributed by atoms with Gasteiger partial charge in [0.25, 0.3) is 11.6 Å². The normalized spacial score (nSPS) is 14.8. The van der Waals surface area contributed by atoms with Crippen molar-refractivity contribution in [3.05, 3.63) is 39.4 Å². The summed E-state index contributed by atoms with van der Waals surface area (Å²) < 4.78 is 9.81. The van der Waals surface area contributed by atoms with Crippen LogP contribution in [0.3, 0.4) is 0 Å². The molecule has 1 fully saturated rings. The zero-order valence-corrected chi connectivity index (χ0v) is 17.3. The summed E-state index contributed by atoms with van der Waals surface area (Å²) in [5, 5.41) is 15.9. The van der Waals surface area contributed by atoms with Gasteiger partial charge in [-0.25, -0.2) is 14.4 Å². The number of urea groups is 1. The van der Waals surface area contributed by atoms with Crippen LogP contribution in [0.5, 0.6) is 0 Å². The molecule has 1 unspecified atom stereocenters. The highest BCUT2D eigenvalue weighted by Crippen LogP contribution is 2.20. The van der Waals surface area contributed by atoms with Gasteiger partial charge in [0, 0.05) is 18.2 Å². The number of nitro groups is 1. The molecular weight excluding hydrogens is 410 g/mol. The van der Waals surface area contributed by atoms with Crippen LogP contribution in [-0.2, 0) is 14.3 Å². The smallest absolute Gasteiger partial charge is 0.339 e. The number of carbonyl (C=O) groups is 4. The lowest BCUT2D eigenvalue weighted by atomic mass is 9.96. The van der Waals surface area contributed by atoms with Gasteiger partial charge < -0.3 is 14.8 Å². The Bertz CT molecular complexity index is 864. The minimum Gasteiger partial charge on any atom is -0.462 e. The molecule has 1 saturated carbocycles. The number of benzene rings is 1. The highest BCUT2D eigenvalue weighted by Gasteiger charge is 2.25. The average molecular weight is 435 g/mol. The van der Waals surface area contributed by atoms with E-state index in [4.69, 9.17) is 9.47 Å². The molecule has 1 aliphatic carbocycles. The van der Waals surface area contributed by atoms with Crippen LogP contribution in [0, 0.1) is 10.1 Å². The van der Waals surface area contributed by atoms with Gasteiger partial charge in [0.15, 0.2) is 6.10 Å². The summed E-state index contributed by atoms with van der Waals surface area (Å²) in [5.74, 6) is -2.76. The van der Waals surface area contributed by atoms with Gasteiger partial charge in [0.05, 0.1) is 22.7 Å². The highest BCUT2D eigenvalue weighted by atomic mass is 16.6. The highest BCUT2D eigenvalue weighted by molar-refractivity contribution is 6.00. The number of hydrogen-bond donors (Lipinski definition) is 2. The summed E-state index contributed by atoms with van der Waals surface area (Å²) in [6, 6.07) is 2.28. The molecule has 0 aliphatic heterocycles. The molecule has 3 amide bonds. The molecule has 0 bridgehead atoms. The molecule has 1 aromatic carbocycles. The van der Waals surface area contributed by atoms with Gasteiger partial charge in [0.1, 0.15) is 0 Å². The molecule has 0 heterocycles. The maximum Gasteiger partial charge on any atom is 0.339 e. The topological polar surface area (TPSA) is 154 Å². The Morgan fingerprint density at radius 1 is 1.10 bits per heavy atom. The van der Waals surface area contributed by atoms with Crippen molar-refractivity contribution in [2.45, 2.75) is 58.1 Å². The first-order valence-electron chi connectivity index (χ1n) is 10.00. The minimum atomic E-state index is -1.35. The number of ether oxygens (including phenoxy) is 2. The third-order valence-electron chi connectivity index (χ3n) is 4.71. The van der Waals surface area contributed by atoms with E-state index in [0.29, 0.717) is 0 Å². The average Bonchev–Trinajstić information content (AvgIpc) is 2.74. The van der Waals surface area contributed by atoms with E-state index in [9.17, 15) is 29.3 Å². The number of esters is 2. The molecule has 1 aromatic rings. The van der Waals surface area contributed by atoms with Crippen molar-refractivity contribution < 1.29 is 33.6 Å². The van der Waals surface area contributed by atoms with Crippen molar-refractivity contribution in [2.24, 2.45) is 0 Å². The van der Waals surface area contributed by atoms with E-state index in [1.54, 1.807) is 6.92 Å². The number of imide groups is 1. The zero-order valence-electron chi connectivity index (χ0n) is 17.3. The molecule has 0 aromatic heterocycles. The van der Waals surface area contributed by atoms with Crippen molar-refractivity contribution >= 4 is 29.6 Å². The van der Waals surface area contributed by atoms with Gasteiger partial charge >= 0.3 is 18.0 Å². The van der Waals surface area contributed by atoms with Crippen LogP contribution in [-0.4, -0.2) is 47.6 Å². The lowest BCUT2D eigenvalue weighted by Gasteiger charge is -2.23. The van der Waals surface area contributed by atoms with Crippen LogP contribution in [0.1, 0.15) is 66.7 Å². The summed E-state index contributed by atoms with van der Waals surface area (Å²) in [4.78, 5) is 58.8. The second-order valence-corrected chi connectivity index (χ2v) is 7.09. The summed E-state index contributed by atoms with van der Waals surface area (Å²) in [6.45, 7) is 2.86. The largest absolute Gasteiger partial charge is 0.462 e. The third kappa shape index (κ3) is 7.05. The molecule has 11 heteroatoms. The van der Waals surface area contributed by atoms with Gasteiger partial charge in [-0.05, 0) is 32.8 Å². The van der Waals surface area contributed by atoms with Gasteiger partial charge in [-0.3, -0.25) is 20.2 Å². The maximum atomic E-state index is 12.4. The van der Waals surface area contributed by atoms with Gasteiger partial charge in [-0.1, -0.05) is 19.3 Å². The number of nitro benzene ring substituents is 1. The quantitative estimate of drug-likeness (QED) is 0.376. The summed E-state index contributed by atoms with van der Waals surface area (Å²) in [7, 11) is 0. The Morgan fingerprint density at radius 3 is 2.29 bits per heavy atom. The van der Waals surface area contributed by atoms with Gasteiger partial charge in [0.2, 0.25) is 0 Å². The first kappa shape index (κ1) is 23.8. The van der Waals surface area contributed by atoms with Crippen LogP contribution in [0.4, 0.5) is 10.5 Å². The molecule has 0 saturated heterocycles. The van der Waals surface area contributed by atoms with E-state index in [2.05, 4.69) is 10.6 Å². The number of nitrogens with zero attached hydrogens (tertiary/aromatic N) is 1. The summed E-state index contributed by atoms with van der Waals surface area (Å²) in [5.41, 5.74) is -1.02. The number of hydrogen-bond acceptors (Lipinski definition) is 8. The minimum absolute atomic E-state index is 0.00873. The van der Waals surface area contributed by atoms with Crippen molar-refractivity contribution in [1.82, 2.24) is 10.6 Å². The van der Waals surface area contributed by atoms with Crippen LogP contribution in [0.15, 0.2) is 18.2 Å². The van der Waals surface area contributed by atoms with Crippen LogP contribution < -0.4 is 10.6 Å². The van der Waals surface area contributed by atoms with E-state index < -0.39 is 40.6 Å². The van der Waals surface area contributed by atoms with Crippen molar-refractivity contribution in [1.29, 1.82) is 0 Å². The molecule has 11 nitrogen and oxygen atoms in total. The van der Waals surface area contributed by atoms with Crippen LogP contribution in [0.2, 0.25) is 0 Å². The molecule has 31 heavy (non-hydrogen) atoms. The molecular formula is C20H25N3O8. The first-order valence-corrected chi connectivity index (χ1v) is 10.00. The predicted octanol–water partition coefficient (Wildman–Crippen LogP) is 2.48. The molecule has 1 atom stereocenters. The third-order valence-corrected chi connectivity index (χ3v) is 4.71. The Hall–Kier alpha value is -3.50. The number of carbonyl (C=O) groups excluding carboxylic acids is 4. The Labute approximate surface area is 178 Å². The van der Waals surface area contributed by atoms with E-state index in [1.807, 2.05) is 0 Å². The van der Waals surface area contributed by atoms with Crippen molar-refractivity contribution in [2.75, 3.05) is 6.61 Å². The lowest BCUT2D eigenvalue weighted by molar-refractivity contribution is -0.384. The molecule has 168 valence electrons. The SMILES string of the molecule is CCOC(=O)c1cc(C(=O)OC(C)C(=O)NC(=O)NC2CCCCC2)cc([N+](=O)[O-])c1. The summed E-state index contributed by atoms with van der Waals surface area (Å²) >= 11 is 0. The molecule has 2 N–H and O–H groups in total. The Balaban J connectivity index is 2.02. The number of rotatable bonds is 7. The van der Waals surface area contributed by atoms with Crippen molar-refractivity contribution in [3.63, 3.8) is 0 Å². The molecule has 0 spiro atoms. The Kier molecular flexibility index (Phi) is 8.47. The second-order valence-electron chi connectivity index (χ2n) is 7.09. The standard InChI is InChI=1S/C20H25N3O8/c1-3-30-18(25)13-9-14(11-16(10-13)23(28)29)19(26)31-12(2)17(24)22-20(27)21-15-7-5-4-6-8-15/h9-12,15H,3-8H2,1-2H3,(H2,21,22,24,27). The van der Waals surface area contributed by atoms with Crippen LogP contribution >= 0.6 is 0 Å². The van der Waals surface area contributed by atoms with Gasteiger partial charge in [-0.2, -0.15) is 0 Å². The maximum absolute atomic E-state index is 12.4. The number of non-ortho nitro benzene ring substituents is 1. The van der Waals surface area contributed by atoms with E-state index >= 15 is 0 Å². The van der Waals surface area contributed by atoms with Gasteiger partial charge in [-0.15, -0.1) is 0 Å². The fourth-order valence-electron chi connectivity index (χ4n) is 3.13. The molecule has 0 radical (unpaired) electrons. The van der Waals surface area contributed by atoms with Crippen molar-refractivity contribution in [3.8, 4) is 0 Å². The van der Waals surface area contributed by atoms with E-state index in [-0.39, 0.29) is 23.8 Å². The fraction of sp³-hybridized carbons (Fsp3) is 0.500. The fourth-order valence-corrected chi connectivity index (χ4v) is 3.13. The monoisotopic (exact) mass is 435 g/mol.